The highest BCUT2D eigenvalue weighted by atomic mass is 32.2. The molecular formula is C15H18N2OS. The topological polar surface area (TPSA) is 42.0 Å². The van der Waals surface area contributed by atoms with Gasteiger partial charge in [0.1, 0.15) is 0 Å². The van der Waals surface area contributed by atoms with E-state index in [4.69, 9.17) is 0 Å². The second-order valence-electron chi connectivity index (χ2n) is 4.36. The average Bonchev–Trinajstić information content (AvgIpc) is 2.45. The third kappa shape index (κ3) is 4.26. The fraction of sp³-hybridized carbons (Fsp3) is 0.267. The molecule has 0 aliphatic carbocycles. The van der Waals surface area contributed by atoms with Crippen LogP contribution in [0, 0.1) is 0 Å². The van der Waals surface area contributed by atoms with Crippen molar-refractivity contribution in [2.24, 2.45) is 0 Å². The zero-order chi connectivity index (χ0) is 13.5. The molecule has 2 rings (SSSR count). The van der Waals surface area contributed by atoms with Crippen LogP contribution in [0.25, 0.3) is 0 Å². The van der Waals surface area contributed by atoms with Crippen LogP contribution in [0.2, 0.25) is 0 Å². The molecule has 2 unspecified atom stereocenters. The summed E-state index contributed by atoms with van der Waals surface area (Å²) in [6, 6.07) is 14.4. The highest BCUT2D eigenvalue weighted by Crippen LogP contribution is 2.20. The van der Waals surface area contributed by atoms with Crippen LogP contribution >= 0.6 is 0 Å². The van der Waals surface area contributed by atoms with Crippen LogP contribution in [0.3, 0.4) is 0 Å². The van der Waals surface area contributed by atoms with Gasteiger partial charge in [0.05, 0.1) is 6.04 Å². The maximum atomic E-state index is 11.2. The third-order valence-electron chi connectivity index (χ3n) is 2.91. The molecule has 100 valence electrons. The summed E-state index contributed by atoms with van der Waals surface area (Å²) in [5.41, 5.74) is 2.37. The van der Waals surface area contributed by atoms with Gasteiger partial charge >= 0.3 is 0 Å². The molecule has 0 fully saturated rings. The van der Waals surface area contributed by atoms with E-state index in [-0.39, 0.29) is 6.04 Å². The monoisotopic (exact) mass is 274 g/mol. The third-order valence-corrected chi connectivity index (χ3v) is 3.69. The first-order valence-electron chi connectivity index (χ1n) is 6.25. The molecule has 0 saturated heterocycles. The Balaban J connectivity index is 2.17. The smallest absolute Gasteiger partial charge is 0.0578 e. The zero-order valence-electron chi connectivity index (χ0n) is 11.0. The summed E-state index contributed by atoms with van der Waals surface area (Å²) < 4.78 is 11.2. The molecule has 19 heavy (non-hydrogen) atoms. The van der Waals surface area contributed by atoms with Gasteiger partial charge in [0, 0.05) is 41.7 Å². The van der Waals surface area contributed by atoms with Gasteiger partial charge in [-0.25, -0.2) is 0 Å². The van der Waals surface area contributed by atoms with E-state index in [1.54, 1.807) is 18.6 Å². The Morgan fingerprint density at radius 3 is 2.37 bits per heavy atom. The number of hydrogen-bond acceptors (Lipinski definition) is 3. The Hall–Kier alpha value is -1.52. The molecule has 0 bridgehead atoms. The number of pyridine rings is 1. The van der Waals surface area contributed by atoms with Gasteiger partial charge in [-0.15, -0.1) is 0 Å². The number of rotatable bonds is 6. The lowest BCUT2D eigenvalue weighted by Gasteiger charge is -2.19. The molecule has 0 aliphatic heterocycles. The van der Waals surface area contributed by atoms with E-state index in [1.165, 1.54) is 11.1 Å². The minimum Gasteiger partial charge on any atom is -0.305 e. The predicted molar refractivity (Wildman–Crippen MR) is 79.5 cm³/mol. The Morgan fingerprint density at radius 2 is 1.74 bits per heavy atom. The lowest BCUT2D eigenvalue weighted by Crippen LogP contribution is -2.26. The van der Waals surface area contributed by atoms with Crippen molar-refractivity contribution in [3.8, 4) is 0 Å². The van der Waals surface area contributed by atoms with Crippen LogP contribution in [-0.4, -0.2) is 27.7 Å². The molecule has 0 saturated carbocycles. The van der Waals surface area contributed by atoms with Crippen molar-refractivity contribution >= 4 is 10.8 Å². The fourth-order valence-electron chi connectivity index (χ4n) is 1.98. The molecule has 1 N–H and O–H groups in total. The first kappa shape index (κ1) is 13.9. The first-order valence-corrected chi connectivity index (χ1v) is 7.98. The van der Waals surface area contributed by atoms with E-state index in [0.29, 0.717) is 5.75 Å². The van der Waals surface area contributed by atoms with Gasteiger partial charge in [0.25, 0.3) is 0 Å². The largest absolute Gasteiger partial charge is 0.305 e. The second-order valence-corrected chi connectivity index (χ2v) is 5.91. The molecule has 2 atom stereocenters. The molecule has 0 amide bonds. The van der Waals surface area contributed by atoms with Crippen molar-refractivity contribution in [3.05, 3.63) is 66.0 Å². The minimum absolute atomic E-state index is 0.118. The van der Waals surface area contributed by atoms with E-state index in [2.05, 4.69) is 22.4 Å². The molecule has 0 aliphatic rings. The fourth-order valence-corrected chi connectivity index (χ4v) is 2.38. The zero-order valence-corrected chi connectivity index (χ0v) is 11.8. The summed E-state index contributed by atoms with van der Waals surface area (Å²) in [6.07, 6.45) is 5.32. The molecule has 2 aromatic rings. The number of hydrogen-bond donors (Lipinski definition) is 1. The highest BCUT2D eigenvalue weighted by Gasteiger charge is 2.12. The van der Waals surface area contributed by atoms with Crippen molar-refractivity contribution in [1.29, 1.82) is 0 Å². The maximum absolute atomic E-state index is 11.2. The minimum atomic E-state index is -0.770. The lowest BCUT2D eigenvalue weighted by molar-refractivity contribution is 0.626. The Kier molecular flexibility index (Phi) is 5.24. The number of aromatic nitrogens is 1. The van der Waals surface area contributed by atoms with E-state index in [1.807, 2.05) is 30.3 Å². The number of nitrogens with zero attached hydrogens (tertiary/aromatic N) is 1. The highest BCUT2D eigenvalue weighted by molar-refractivity contribution is 7.84. The summed E-state index contributed by atoms with van der Waals surface area (Å²) in [5, 5.41) is 3.46. The van der Waals surface area contributed by atoms with Gasteiger partial charge in [-0.3, -0.25) is 9.19 Å². The normalized spacial score (nSPS) is 13.9. The Bertz CT molecular complexity index is 477. The molecule has 1 aromatic heterocycles. The SMILES string of the molecule is CS(=O)CCNC(c1ccccc1)c1ccncc1. The van der Waals surface area contributed by atoms with Crippen LogP contribution < -0.4 is 5.32 Å². The molecule has 3 nitrogen and oxygen atoms in total. The van der Waals surface area contributed by atoms with Crippen molar-refractivity contribution in [2.45, 2.75) is 6.04 Å². The van der Waals surface area contributed by atoms with Crippen molar-refractivity contribution in [3.63, 3.8) is 0 Å². The second kappa shape index (κ2) is 7.16. The average molecular weight is 274 g/mol. The standard InChI is InChI=1S/C15H18N2OS/c1-19(18)12-11-17-15(13-5-3-2-4-6-13)14-7-9-16-10-8-14/h2-10,15,17H,11-12H2,1H3. The van der Waals surface area contributed by atoms with Crippen LogP contribution in [0.4, 0.5) is 0 Å². The Morgan fingerprint density at radius 1 is 1.11 bits per heavy atom. The van der Waals surface area contributed by atoms with E-state index < -0.39 is 10.8 Å². The molecular weight excluding hydrogens is 256 g/mol. The maximum Gasteiger partial charge on any atom is 0.0578 e. The predicted octanol–water partition coefficient (Wildman–Crippen LogP) is 2.14. The number of nitrogens with one attached hydrogen (secondary N) is 1. The summed E-state index contributed by atoms with van der Waals surface area (Å²) >= 11 is 0. The summed E-state index contributed by atoms with van der Waals surface area (Å²) in [4.78, 5) is 4.05. The Labute approximate surface area is 116 Å². The molecule has 1 aromatic carbocycles. The molecule has 4 heteroatoms. The van der Waals surface area contributed by atoms with Crippen molar-refractivity contribution in [1.82, 2.24) is 10.3 Å². The van der Waals surface area contributed by atoms with Crippen molar-refractivity contribution < 1.29 is 4.21 Å². The van der Waals surface area contributed by atoms with Gasteiger partial charge in [-0.1, -0.05) is 30.3 Å². The quantitative estimate of drug-likeness (QED) is 0.877. The van der Waals surface area contributed by atoms with Crippen LogP contribution in [-0.2, 0) is 10.8 Å². The van der Waals surface area contributed by atoms with Gasteiger partial charge in [-0.2, -0.15) is 0 Å². The van der Waals surface area contributed by atoms with Gasteiger partial charge in [-0.05, 0) is 23.3 Å². The first-order chi connectivity index (χ1) is 9.27. The van der Waals surface area contributed by atoms with Crippen LogP contribution in [0.15, 0.2) is 54.9 Å². The summed E-state index contributed by atoms with van der Waals surface area (Å²) in [5.74, 6) is 0.661. The van der Waals surface area contributed by atoms with E-state index in [9.17, 15) is 4.21 Å². The van der Waals surface area contributed by atoms with Crippen LogP contribution in [0.5, 0.6) is 0 Å². The summed E-state index contributed by atoms with van der Waals surface area (Å²) in [6.45, 7) is 0.727. The van der Waals surface area contributed by atoms with Crippen molar-refractivity contribution in [2.75, 3.05) is 18.6 Å². The lowest BCUT2D eigenvalue weighted by atomic mass is 10.00. The van der Waals surface area contributed by atoms with Crippen LogP contribution in [0.1, 0.15) is 17.2 Å². The van der Waals surface area contributed by atoms with Gasteiger partial charge in [0.15, 0.2) is 0 Å². The molecule has 0 spiro atoms. The van der Waals surface area contributed by atoms with Gasteiger partial charge in [0.2, 0.25) is 0 Å². The molecule has 1 heterocycles. The van der Waals surface area contributed by atoms with E-state index >= 15 is 0 Å². The number of benzene rings is 1. The molecule has 0 radical (unpaired) electrons. The summed E-state index contributed by atoms with van der Waals surface area (Å²) in [7, 11) is -0.770. The van der Waals surface area contributed by atoms with E-state index in [0.717, 1.165) is 6.54 Å². The van der Waals surface area contributed by atoms with Gasteiger partial charge < -0.3 is 5.32 Å².